The molecule has 0 heterocycles. The number of hydrogen-bond acceptors (Lipinski definition) is 4. The van der Waals surface area contributed by atoms with Crippen LogP contribution in [-0.2, 0) is 4.74 Å². The number of carbonyl (C=O) groups is 1. The minimum absolute atomic E-state index is 0.238. The summed E-state index contributed by atoms with van der Waals surface area (Å²) in [6.07, 6.45) is -1.16. The molecular weight excluding hydrogens is 148 g/mol. The molecule has 1 atom stereocenters. The predicted octanol–water partition coefficient (Wildman–Crippen LogP) is -0.948. The van der Waals surface area contributed by atoms with Crippen LogP contribution in [0.5, 0.6) is 0 Å². The van der Waals surface area contributed by atoms with Gasteiger partial charge in [-0.25, -0.2) is 4.79 Å². The topological polar surface area (TPSA) is 84.6 Å². The number of rotatable bonds is 5. The van der Waals surface area contributed by atoms with E-state index in [1.807, 2.05) is 0 Å². The summed E-state index contributed by atoms with van der Waals surface area (Å²) in [5.41, 5.74) is 4.70. The Balaban J connectivity index is 2.97. The Morgan fingerprint density at radius 3 is 2.91 bits per heavy atom. The molecule has 0 spiro atoms. The van der Waals surface area contributed by atoms with Crippen LogP contribution in [0.15, 0.2) is 0 Å². The second-order valence-corrected chi connectivity index (χ2v) is 2.22. The maximum atomic E-state index is 10.0. The van der Waals surface area contributed by atoms with Crippen molar-refractivity contribution in [1.29, 1.82) is 0 Å². The van der Waals surface area contributed by atoms with E-state index in [4.69, 9.17) is 10.8 Å². The maximum absolute atomic E-state index is 10.0. The summed E-state index contributed by atoms with van der Waals surface area (Å²) < 4.78 is 4.42. The first kappa shape index (κ1) is 10.2. The van der Waals surface area contributed by atoms with E-state index in [0.717, 1.165) is 0 Å². The summed E-state index contributed by atoms with van der Waals surface area (Å²) in [6, 6.07) is 0. The van der Waals surface area contributed by atoms with E-state index in [-0.39, 0.29) is 12.7 Å². The molecule has 0 rings (SSSR count). The van der Waals surface area contributed by atoms with Gasteiger partial charge in [0.25, 0.3) is 0 Å². The fourth-order valence-corrected chi connectivity index (χ4v) is 0.535. The lowest BCUT2D eigenvalue weighted by molar-refractivity contribution is 0.152. The van der Waals surface area contributed by atoms with Crippen LogP contribution in [0.25, 0.3) is 0 Å². The summed E-state index contributed by atoms with van der Waals surface area (Å²) in [6.45, 7) is 2.90. The molecule has 0 aromatic rings. The molecule has 5 nitrogen and oxygen atoms in total. The van der Waals surface area contributed by atoms with Crippen molar-refractivity contribution in [3.63, 3.8) is 0 Å². The van der Waals surface area contributed by atoms with Crippen molar-refractivity contribution in [2.75, 3.05) is 19.7 Å². The van der Waals surface area contributed by atoms with Crippen molar-refractivity contribution < 1.29 is 14.6 Å². The van der Waals surface area contributed by atoms with Crippen molar-refractivity contribution in [3.8, 4) is 0 Å². The molecule has 1 unspecified atom stereocenters. The highest BCUT2D eigenvalue weighted by atomic mass is 16.5. The number of ether oxygens (including phenoxy) is 1. The number of nitrogens with two attached hydrogens (primary N) is 1. The highest BCUT2D eigenvalue weighted by molar-refractivity contribution is 5.64. The second-order valence-electron chi connectivity index (χ2n) is 2.22. The number of carbonyl (C=O) groups excluding carboxylic acids is 1. The molecule has 0 aliphatic rings. The molecular formula is C6H14N2O3. The van der Waals surface area contributed by atoms with Gasteiger partial charge < -0.3 is 20.9 Å². The Hall–Kier alpha value is -0.810. The summed E-state index contributed by atoms with van der Waals surface area (Å²) in [5.74, 6) is 0. The highest BCUT2D eigenvalue weighted by Gasteiger charge is 1.95. The lowest BCUT2D eigenvalue weighted by atomic mass is 10.4. The SMILES string of the molecule is CC(O)CNCCOC(N)=O. The lowest BCUT2D eigenvalue weighted by Crippen LogP contribution is -2.29. The van der Waals surface area contributed by atoms with Gasteiger partial charge in [0.05, 0.1) is 6.10 Å². The van der Waals surface area contributed by atoms with Crippen molar-refractivity contribution in [1.82, 2.24) is 5.32 Å². The molecule has 0 saturated heterocycles. The average molecular weight is 162 g/mol. The number of amides is 1. The van der Waals surface area contributed by atoms with E-state index in [0.29, 0.717) is 13.1 Å². The van der Waals surface area contributed by atoms with Crippen LogP contribution in [0.2, 0.25) is 0 Å². The molecule has 0 aromatic carbocycles. The number of nitrogens with one attached hydrogen (secondary N) is 1. The van der Waals surface area contributed by atoms with E-state index in [1.54, 1.807) is 6.92 Å². The Morgan fingerprint density at radius 2 is 2.45 bits per heavy atom. The van der Waals surface area contributed by atoms with Gasteiger partial charge in [-0.3, -0.25) is 0 Å². The first-order chi connectivity index (χ1) is 5.13. The monoisotopic (exact) mass is 162 g/mol. The normalized spacial score (nSPS) is 12.5. The number of primary amides is 1. The average Bonchev–Trinajstić information content (AvgIpc) is 1.85. The van der Waals surface area contributed by atoms with Crippen LogP contribution in [0.1, 0.15) is 6.92 Å². The molecule has 0 radical (unpaired) electrons. The molecule has 66 valence electrons. The van der Waals surface area contributed by atoms with Crippen LogP contribution >= 0.6 is 0 Å². The van der Waals surface area contributed by atoms with Gasteiger partial charge in [0, 0.05) is 13.1 Å². The van der Waals surface area contributed by atoms with Gasteiger partial charge in [-0.05, 0) is 6.92 Å². The standard InChI is InChI=1S/C6H14N2O3/c1-5(9)4-8-2-3-11-6(7)10/h5,8-9H,2-4H2,1H3,(H2,7,10). The van der Waals surface area contributed by atoms with Crippen molar-refractivity contribution in [3.05, 3.63) is 0 Å². The van der Waals surface area contributed by atoms with Gasteiger partial charge in [0.15, 0.2) is 0 Å². The largest absolute Gasteiger partial charge is 0.448 e. The van der Waals surface area contributed by atoms with Gasteiger partial charge in [-0.2, -0.15) is 0 Å². The Bertz CT molecular complexity index is 116. The summed E-state index contributed by atoms with van der Waals surface area (Å²) in [4.78, 5) is 10.0. The maximum Gasteiger partial charge on any atom is 0.404 e. The third-order valence-corrected chi connectivity index (χ3v) is 0.963. The van der Waals surface area contributed by atoms with Gasteiger partial charge in [-0.15, -0.1) is 0 Å². The van der Waals surface area contributed by atoms with Gasteiger partial charge in [-0.1, -0.05) is 0 Å². The zero-order chi connectivity index (χ0) is 8.69. The van der Waals surface area contributed by atoms with Gasteiger partial charge in [0.1, 0.15) is 6.61 Å². The van der Waals surface area contributed by atoms with Crippen molar-refractivity contribution in [2.24, 2.45) is 5.73 Å². The molecule has 11 heavy (non-hydrogen) atoms. The number of aliphatic hydroxyl groups excluding tert-OH is 1. The van der Waals surface area contributed by atoms with Crippen molar-refractivity contribution in [2.45, 2.75) is 13.0 Å². The Kier molecular flexibility index (Phi) is 5.50. The fraction of sp³-hybridized carbons (Fsp3) is 0.833. The van der Waals surface area contributed by atoms with Crippen molar-refractivity contribution >= 4 is 6.09 Å². The zero-order valence-corrected chi connectivity index (χ0v) is 6.54. The first-order valence-electron chi connectivity index (χ1n) is 3.44. The smallest absolute Gasteiger partial charge is 0.404 e. The minimum Gasteiger partial charge on any atom is -0.448 e. The molecule has 0 aliphatic heterocycles. The molecule has 4 N–H and O–H groups in total. The van der Waals surface area contributed by atoms with Gasteiger partial charge >= 0.3 is 6.09 Å². The van der Waals surface area contributed by atoms with E-state index >= 15 is 0 Å². The predicted molar refractivity (Wildman–Crippen MR) is 40.1 cm³/mol. The van der Waals surface area contributed by atoms with E-state index < -0.39 is 6.09 Å². The van der Waals surface area contributed by atoms with Crippen LogP contribution in [0.4, 0.5) is 4.79 Å². The Labute approximate surface area is 65.5 Å². The number of aliphatic hydroxyl groups is 1. The molecule has 0 aliphatic carbocycles. The third kappa shape index (κ3) is 9.19. The van der Waals surface area contributed by atoms with Crippen LogP contribution in [-0.4, -0.2) is 37.0 Å². The van der Waals surface area contributed by atoms with Gasteiger partial charge in [0.2, 0.25) is 0 Å². The highest BCUT2D eigenvalue weighted by Crippen LogP contribution is 1.75. The summed E-state index contributed by atoms with van der Waals surface area (Å²) in [5, 5.41) is 11.6. The van der Waals surface area contributed by atoms with Crippen LogP contribution < -0.4 is 11.1 Å². The molecule has 0 aromatic heterocycles. The fourth-order valence-electron chi connectivity index (χ4n) is 0.535. The lowest BCUT2D eigenvalue weighted by Gasteiger charge is -2.05. The quantitative estimate of drug-likeness (QED) is 0.455. The van der Waals surface area contributed by atoms with E-state index in [9.17, 15) is 4.79 Å². The first-order valence-corrected chi connectivity index (χ1v) is 3.44. The van der Waals surface area contributed by atoms with E-state index in [1.165, 1.54) is 0 Å². The van der Waals surface area contributed by atoms with Crippen LogP contribution in [0, 0.1) is 0 Å². The van der Waals surface area contributed by atoms with E-state index in [2.05, 4.69) is 10.1 Å². The number of hydrogen-bond donors (Lipinski definition) is 3. The molecule has 1 amide bonds. The molecule has 0 saturated carbocycles. The molecule has 0 bridgehead atoms. The Morgan fingerprint density at radius 1 is 1.82 bits per heavy atom. The second kappa shape index (κ2) is 5.94. The minimum atomic E-state index is -0.774. The molecule has 5 heteroatoms. The zero-order valence-electron chi connectivity index (χ0n) is 6.54. The summed E-state index contributed by atoms with van der Waals surface area (Å²) >= 11 is 0. The third-order valence-electron chi connectivity index (χ3n) is 0.963. The van der Waals surface area contributed by atoms with Crippen LogP contribution in [0.3, 0.4) is 0 Å². The molecule has 0 fully saturated rings. The summed E-state index contributed by atoms with van der Waals surface area (Å²) in [7, 11) is 0.